The summed E-state index contributed by atoms with van der Waals surface area (Å²) in [5, 5.41) is 23.9. The van der Waals surface area contributed by atoms with Crippen molar-refractivity contribution < 1.29 is 29.4 Å². The second-order valence-electron chi connectivity index (χ2n) is 8.15. The van der Waals surface area contributed by atoms with Gasteiger partial charge in [-0.2, -0.15) is 0 Å². The predicted octanol–water partition coefficient (Wildman–Crippen LogP) is 2.60. The van der Waals surface area contributed by atoms with Gasteiger partial charge in [-0.1, -0.05) is 48.0 Å². The summed E-state index contributed by atoms with van der Waals surface area (Å²) in [6.45, 7) is 0.435. The number of carboxylic acid groups (broad SMARTS) is 2. The average molecular weight is 504 g/mol. The minimum absolute atomic E-state index is 0.0138. The number of rotatable bonds is 15. The summed E-state index contributed by atoms with van der Waals surface area (Å²) in [5.41, 5.74) is 8.44. The van der Waals surface area contributed by atoms with Gasteiger partial charge in [0.05, 0.1) is 6.04 Å². The number of carbonyl (C=O) groups excluding carboxylic acids is 2. The summed E-state index contributed by atoms with van der Waals surface area (Å²) in [4.78, 5) is 46.0. The van der Waals surface area contributed by atoms with Gasteiger partial charge < -0.3 is 26.6 Å². The van der Waals surface area contributed by atoms with Crippen LogP contribution in [-0.4, -0.2) is 52.6 Å². The zero-order chi connectivity index (χ0) is 25.8. The van der Waals surface area contributed by atoms with E-state index in [9.17, 15) is 19.2 Å². The molecular formula is C25H30ClN3O6. The van der Waals surface area contributed by atoms with Gasteiger partial charge in [-0.3, -0.25) is 19.2 Å². The normalized spacial score (nSPS) is 12.5. The molecule has 0 aliphatic carbocycles. The number of hydrogen-bond acceptors (Lipinski definition) is 5. The van der Waals surface area contributed by atoms with Crippen molar-refractivity contribution in [3.05, 3.63) is 59.1 Å². The zero-order valence-corrected chi connectivity index (χ0v) is 20.0. The fourth-order valence-corrected chi connectivity index (χ4v) is 3.71. The standard InChI is InChI=1S/C25H30ClN3O6/c26-19-5-1-4-18(15-19)17-8-6-16(7-9-17)3-2-14-28-21(11-13-23(32)33)25(35)29-20(24(27)34)10-12-22(30)31/h1,4-9,15,20-21,28H,2-3,10-14H2,(H2,27,34)(H,29,35)(H,30,31)(H,32,33). The number of halogens is 1. The molecule has 0 aromatic heterocycles. The fourth-order valence-electron chi connectivity index (χ4n) is 3.52. The van der Waals surface area contributed by atoms with E-state index in [0.29, 0.717) is 18.0 Å². The first-order valence-electron chi connectivity index (χ1n) is 11.3. The van der Waals surface area contributed by atoms with Crippen molar-refractivity contribution in [1.82, 2.24) is 10.6 Å². The lowest BCUT2D eigenvalue weighted by atomic mass is 10.0. The van der Waals surface area contributed by atoms with Crippen LogP contribution in [0.15, 0.2) is 48.5 Å². The monoisotopic (exact) mass is 503 g/mol. The van der Waals surface area contributed by atoms with E-state index in [1.807, 2.05) is 48.5 Å². The van der Waals surface area contributed by atoms with Crippen molar-refractivity contribution in [1.29, 1.82) is 0 Å². The third-order valence-electron chi connectivity index (χ3n) is 5.42. The maximum atomic E-state index is 12.6. The van der Waals surface area contributed by atoms with Crippen molar-refractivity contribution in [3.8, 4) is 11.1 Å². The Morgan fingerprint density at radius 2 is 1.51 bits per heavy atom. The summed E-state index contributed by atoms with van der Waals surface area (Å²) in [6, 6.07) is 13.7. The Morgan fingerprint density at radius 3 is 2.09 bits per heavy atom. The van der Waals surface area contributed by atoms with Gasteiger partial charge in [0.25, 0.3) is 0 Å². The van der Waals surface area contributed by atoms with Crippen LogP contribution in [-0.2, 0) is 25.6 Å². The minimum Gasteiger partial charge on any atom is -0.481 e. The van der Waals surface area contributed by atoms with Gasteiger partial charge in [0, 0.05) is 17.9 Å². The number of carbonyl (C=O) groups is 4. The molecule has 2 aromatic rings. The van der Waals surface area contributed by atoms with Gasteiger partial charge >= 0.3 is 11.9 Å². The Labute approximate surface area is 208 Å². The Bertz CT molecular complexity index is 1030. The molecule has 0 bridgehead atoms. The number of benzene rings is 2. The summed E-state index contributed by atoms with van der Waals surface area (Å²) in [5.74, 6) is -3.61. The molecule has 2 amide bonds. The van der Waals surface area contributed by atoms with Gasteiger partial charge in [0.1, 0.15) is 6.04 Å². The largest absolute Gasteiger partial charge is 0.481 e. The molecule has 10 heteroatoms. The molecule has 0 aliphatic heterocycles. The molecule has 0 fully saturated rings. The number of aryl methyl sites for hydroxylation is 1. The van der Waals surface area contributed by atoms with Crippen molar-refractivity contribution in [2.45, 2.75) is 50.6 Å². The number of hydrogen-bond donors (Lipinski definition) is 5. The third-order valence-corrected chi connectivity index (χ3v) is 5.65. The first-order chi connectivity index (χ1) is 16.7. The van der Waals surface area contributed by atoms with E-state index in [4.69, 9.17) is 27.5 Å². The molecule has 35 heavy (non-hydrogen) atoms. The Hall–Kier alpha value is -3.43. The maximum absolute atomic E-state index is 12.6. The lowest BCUT2D eigenvalue weighted by molar-refractivity contribution is -0.139. The first-order valence-corrected chi connectivity index (χ1v) is 11.6. The Balaban J connectivity index is 1.90. The van der Waals surface area contributed by atoms with Gasteiger partial charge in [-0.25, -0.2) is 0 Å². The minimum atomic E-state index is -1.15. The summed E-state index contributed by atoms with van der Waals surface area (Å²) < 4.78 is 0. The molecule has 2 aromatic carbocycles. The van der Waals surface area contributed by atoms with Crippen molar-refractivity contribution in [2.75, 3.05) is 6.54 Å². The molecule has 0 radical (unpaired) electrons. The topological polar surface area (TPSA) is 159 Å². The summed E-state index contributed by atoms with van der Waals surface area (Å²) >= 11 is 6.05. The number of nitrogens with one attached hydrogen (secondary N) is 2. The van der Waals surface area contributed by atoms with Gasteiger partial charge in [-0.05, 0) is 61.1 Å². The molecule has 0 aliphatic rings. The highest BCUT2D eigenvalue weighted by atomic mass is 35.5. The molecule has 6 N–H and O–H groups in total. The van der Waals surface area contributed by atoms with Gasteiger partial charge in [0.15, 0.2) is 0 Å². The fraction of sp³-hybridized carbons (Fsp3) is 0.360. The molecule has 0 heterocycles. The van der Waals surface area contributed by atoms with Crippen LogP contribution in [0.5, 0.6) is 0 Å². The zero-order valence-electron chi connectivity index (χ0n) is 19.2. The van der Waals surface area contributed by atoms with E-state index < -0.39 is 35.8 Å². The number of primary amides is 1. The maximum Gasteiger partial charge on any atom is 0.303 e. The highest BCUT2D eigenvalue weighted by molar-refractivity contribution is 6.30. The molecule has 9 nitrogen and oxygen atoms in total. The van der Waals surface area contributed by atoms with Crippen LogP contribution < -0.4 is 16.4 Å². The molecular weight excluding hydrogens is 474 g/mol. The molecule has 188 valence electrons. The molecule has 2 atom stereocenters. The van der Waals surface area contributed by atoms with Gasteiger partial charge in [0.2, 0.25) is 11.8 Å². The van der Waals surface area contributed by atoms with E-state index in [0.717, 1.165) is 23.1 Å². The first kappa shape index (κ1) is 27.8. The van der Waals surface area contributed by atoms with Crippen LogP contribution in [0, 0.1) is 0 Å². The SMILES string of the molecule is NC(=O)C(CCC(=O)O)NC(=O)C(CCC(=O)O)NCCCc1ccc(-c2cccc(Cl)c2)cc1. The van der Waals surface area contributed by atoms with E-state index >= 15 is 0 Å². The van der Waals surface area contributed by atoms with E-state index in [1.165, 1.54) is 0 Å². The Kier molecular flexibility index (Phi) is 11.2. The van der Waals surface area contributed by atoms with Crippen LogP contribution in [0.25, 0.3) is 11.1 Å². The molecule has 0 spiro atoms. The highest BCUT2D eigenvalue weighted by Crippen LogP contribution is 2.23. The third kappa shape index (κ3) is 10.2. The van der Waals surface area contributed by atoms with Crippen LogP contribution in [0.2, 0.25) is 5.02 Å². The quantitative estimate of drug-likeness (QED) is 0.233. The van der Waals surface area contributed by atoms with E-state index in [1.54, 1.807) is 0 Å². The van der Waals surface area contributed by atoms with Gasteiger partial charge in [-0.15, -0.1) is 0 Å². The lowest BCUT2D eigenvalue weighted by Gasteiger charge is -2.21. The number of aliphatic carboxylic acids is 2. The smallest absolute Gasteiger partial charge is 0.303 e. The van der Waals surface area contributed by atoms with Crippen molar-refractivity contribution >= 4 is 35.4 Å². The Morgan fingerprint density at radius 1 is 0.886 bits per heavy atom. The number of carboxylic acids is 2. The summed E-state index contributed by atoms with van der Waals surface area (Å²) in [7, 11) is 0. The highest BCUT2D eigenvalue weighted by Gasteiger charge is 2.25. The number of nitrogens with two attached hydrogens (primary N) is 1. The molecule has 0 saturated carbocycles. The second-order valence-corrected chi connectivity index (χ2v) is 8.58. The summed E-state index contributed by atoms with van der Waals surface area (Å²) in [6.07, 6.45) is 0.709. The van der Waals surface area contributed by atoms with Crippen molar-refractivity contribution in [3.63, 3.8) is 0 Å². The van der Waals surface area contributed by atoms with Crippen LogP contribution >= 0.6 is 11.6 Å². The van der Waals surface area contributed by atoms with Crippen LogP contribution in [0.4, 0.5) is 0 Å². The lowest BCUT2D eigenvalue weighted by Crippen LogP contribution is -2.52. The molecule has 0 saturated heterocycles. The van der Waals surface area contributed by atoms with Crippen molar-refractivity contribution in [2.24, 2.45) is 5.73 Å². The molecule has 2 rings (SSSR count). The van der Waals surface area contributed by atoms with Crippen LogP contribution in [0.3, 0.4) is 0 Å². The average Bonchev–Trinajstić information content (AvgIpc) is 2.81. The van der Waals surface area contributed by atoms with E-state index in [2.05, 4.69) is 10.6 Å². The second kappa shape index (κ2) is 14.1. The predicted molar refractivity (Wildman–Crippen MR) is 132 cm³/mol. The van der Waals surface area contributed by atoms with E-state index in [-0.39, 0.29) is 25.7 Å². The van der Waals surface area contributed by atoms with Crippen LogP contribution in [0.1, 0.15) is 37.7 Å². The number of amides is 2. The molecule has 2 unspecified atom stereocenters.